The van der Waals surface area contributed by atoms with E-state index >= 15 is 0 Å². The van der Waals surface area contributed by atoms with Crippen molar-refractivity contribution in [3.8, 4) is 0 Å². The fourth-order valence-electron chi connectivity index (χ4n) is 3.47. The highest BCUT2D eigenvalue weighted by atomic mass is 16.2. The third kappa shape index (κ3) is 2.17. The third-order valence-electron chi connectivity index (χ3n) is 5.34. The van der Waals surface area contributed by atoms with E-state index in [0.29, 0.717) is 5.91 Å². The first kappa shape index (κ1) is 13.3. The van der Waals surface area contributed by atoms with Crippen LogP contribution in [0.5, 0.6) is 0 Å². The van der Waals surface area contributed by atoms with Crippen molar-refractivity contribution in [3.63, 3.8) is 0 Å². The van der Waals surface area contributed by atoms with Crippen LogP contribution in [0.15, 0.2) is 24.3 Å². The Morgan fingerprint density at radius 2 is 1.76 bits per heavy atom. The van der Waals surface area contributed by atoms with Crippen LogP contribution < -0.4 is 11.1 Å². The van der Waals surface area contributed by atoms with E-state index in [9.17, 15) is 4.79 Å². The summed E-state index contributed by atoms with van der Waals surface area (Å²) >= 11 is 0. The molecule has 0 aromatic heterocycles. The third-order valence-corrected chi connectivity index (χ3v) is 5.34. The second-order valence-electron chi connectivity index (χ2n) is 6.86. The summed E-state index contributed by atoms with van der Waals surface area (Å²) in [5, 5.41) is 3.31. The summed E-state index contributed by atoms with van der Waals surface area (Å²) < 4.78 is 0. The first-order valence-electron chi connectivity index (χ1n) is 8.04. The second-order valence-corrected chi connectivity index (χ2v) is 6.86. The highest BCUT2D eigenvalue weighted by molar-refractivity contribution is 5.91. The summed E-state index contributed by atoms with van der Waals surface area (Å²) in [4.78, 5) is 15.0. The number of nitrogens with two attached hydrogens (primary N) is 1. The molecule has 1 heterocycles. The van der Waals surface area contributed by atoms with Crippen LogP contribution in [0.4, 0.5) is 0 Å². The molecular weight excluding hydrogens is 262 g/mol. The van der Waals surface area contributed by atoms with E-state index in [-0.39, 0.29) is 11.0 Å². The molecule has 2 aliphatic carbocycles. The molecule has 1 aromatic carbocycles. The van der Waals surface area contributed by atoms with Gasteiger partial charge >= 0.3 is 0 Å². The van der Waals surface area contributed by atoms with E-state index < -0.39 is 0 Å². The van der Waals surface area contributed by atoms with Gasteiger partial charge in [0.25, 0.3) is 0 Å². The number of piperazine rings is 1. The van der Waals surface area contributed by atoms with E-state index in [1.165, 1.54) is 11.1 Å². The molecular formula is C17H23N3O. The van der Waals surface area contributed by atoms with E-state index in [0.717, 1.165) is 51.9 Å². The lowest BCUT2D eigenvalue weighted by Crippen LogP contribution is -2.49. The fourth-order valence-corrected chi connectivity index (χ4v) is 3.47. The van der Waals surface area contributed by atoms with Gasteiger partial charge < -0.3 is 16.0 Å². The summed E-state index contributed by atoms with van der Waals surface area (Å²) in [6, 6.07) is 8.49. The van der Waals surface area contributed by atoms with Gasteiger partial charge in [0.2, 0.25) is 5.91 Å². The van der Waals surface area contributed by atoms with Gasteiger partial charge in [-0.3, -0.25) is 4.79 Å². The Bertz CT molecular complexity index is 569. The van der Waals surface area contributed by atoms with Gasteiger partial charge in [0, 0.05) is 31.7 Å². The van der Waals surface area contributed by atoms with Gasteiger partial charge in [-0.05, 0) is 36.8 Å². The van der Waals surface area contributed by atoms with Crippen molar-refractivity contribution in [3.05, 3.63) is 35.4 Å². The molecule has 0 unspecified atom stereocenters. The van der Waals surface area contributed by atoms with Crippen molar-refractivity contribution in [2.45, 2.75) is 36.6 Å². The van der Waals surface area contributed by atoms with Crippen LogP contribution >= 0.6 is 0 Å². The number of nitrogens with one attached hydrogen (secondary N) is 1. The molecule has 0 bridgehead atoms. The van der Waals surface area contributed by atoms with Gasteiger partial charge in [0.05, 0.1) is 5.41 Å². The van der Waals surface area contributed by atoms with Crippen molar-refractivity contribution in [2.75, 3.05) is 26.2 Å². The number of carbonyl (C=O) groups is 1. The number of rotatable bonds is 3. The molecule has 0 atom stereocenters. The number of nitrogens with zero attached hydrogens (tertiary/aromatic N) is 1. The summed E-state index contributed by atoms with van der Waals surface area (Å²) in [5.41, 5.74) is 8.33. The zero-order chi connectivity index (χ0) is 14.5. The first-order valence-corrected chi connectivity index (χ1v) is 8.04. The predicted molar refractivity (Wildman–Crippen MR) is 81.9 cm³/mol. The Morgan fingerprint density at radius 1 is 1.10 bits per heavy atom. The molecule has 1 saturated heterocycles. The molecule has 0 spiro atoms. The molecule has 2 saturated carbocycles. The molecule has 1 amide bonds. The standard InChI is InChI=1S/C17H23N3O/c18-17(6-7-17)14-3-1-2-13(12-14)16(4-5-16)15(21)20-10-8-19-9-11-20/h1-3,12,19H,4-11,18H2. The Morgan fingerprint density at radius 3 is 2.38 bits per heavy atom. The largest absolute Gasteiger partial charge is 0.339 e. The first-order chi connectivity index (χ1) is 10.1. The molecule has 4 nitrogen and oxygen atoms in total. The van der Waals surface area contributed by atoms with Crippen molar-refractivity contribution in [1.29, 1.82) is 0 Å². The van der Waals surface area contributed by atoms with Crippen LogP contribution in [0.2, 0.25) is 0 Å². The fraction of sp³-hybridized carbons (Fsp3) is 0.588. The van der Waals surface area contributed by atoms with Gasteiger partial charge in [-0.15, -0.1) is 0 Å². The molecule has 1 aromatic rings. The number of carbonyl (C=O) groups excluding carboxylic acids is 1. The van der Waals surface area contributed by atoms with Crippen LogP contribution in [0.1, 0.15) is 36.8 Å². The van der Waals surface area contributed by atoms with Gasteiger partial charge in [0.1, 0.15) is 0 Å². The molecule has 112 valence electrons. The summed E-state index contributed by atoms with van der Waals surface area (Å²) in [6.07, 6.45) is 4.10. The molecule has 3 aliphatic rings. The number of hydrogen-bond acceptors (Lipinski definition) is 3. The molecule has 0 radical (unpaired) electrons. The quantitative estimate of drug-likeness (QED) is 0.874. The van der Waals surface area contributed by atoms with E-state index in [4.69, 9.17) is 5.73 Å². The average Bonchev–Trinajstić information content (AvgIpc) is 3.44. The van der Waals surface area contributed by atoms with Crippen molar-refractivity contribution >= 4 is 5.91 Å². The van der Waals surface area contributed by atoms with Crippen molar-refractivity contribution in [2.24, 2.45) is 5.73 Å². The van der Waals surface area contributed by atoms with Crippen molar-refractivity contribution in [1.82, 2.24) is 10.2 Å². The Kier molecular flexibility index (Phi) is 2.88. The number of hydrogen-bond donors (Lipinski definition) is 2. The minimum Gasteiger partial charge on any atom is -0.339 e. The lowest BCUT2D eigenvalue weighted by Gasteiger charge is -2.31. The maximum absolute atomic E-state index is 12.9. The zero-order valence-corrected chi connectivity index (χ0v) is 12.4. The molecule has 3 N–H and O–H groups in total. The average molecular weight is 285 g/mol. The smallest absolute Gasteiger partial charge is 0.233 e. The van der Waals surface area contributed by atoms with Crippen LogP contribution in [-0.2, 0) is 15.7 Å². The summed E-state index contributed by atoms with van der Waals surface area (Å²) in [5.74, 6) is 0.322. The SMILES string of the molecule is NC1(c2cccc(C3(C(=O)N4CCNCC4)CC3)c2)CC1. The topological polar surface area (TPSA) is 58.4 Å². The van der Waals surface area contributed by atoms with Crippen LogP contribution in [0.25, 0.3) is 0 Å². The Hall–Kier alpha value is -1.39. The van der Waals surface area contributed by atoms with Crippen LogP contribution in [0, 0.1) is 0 Å². The maximum Gasteiger partial charge on any atom is 0.233 e. The second kappa shape index (κ2) is 4.55. The van der Waals surface area contributed by atoms with E-state index in [2.05, 4.69) is 29.6 Å². The number of benzene rings is 1. The molecule has 21 heavy (non-hydrogen) atoms. The lowest BCUT2D eigenvalue weighted by atomic mass is 9.90. The molecule has 4 rings (SSSR count). The van der Waals surface area contributed by atoms with Gasteiger partial charge in [0.15, 0.2) is 0 Å². The van der Waals surface area contributed by atoms with Gasteiger partial charge in [-0.25, -0.2) is 0 Å². The molecule has 1 aliphatic heterocycles. The minimum absolute atomic E-state index is 0.121. The van der Waals surface area contributed by atoms with Gasteiger partial charge in [-0.1, -0.05) is 24.3 Å². The van der Waals surface area contributed by atoms with Crippen LogP contribution in [-0.4, -0.2) is 37.0 Å². The highest BCUT2D eigenvalue weighted by Crippen LogP contribution is 2.51. The van der Waals surface area contributed by atoms with Crippen LogP contribution in [0.3, 0.4) is 0 Å². The van der Waals surface area contributed by atoms with E-state index in [1.807, 2.05) is 4.90 Å². The highest BCUT2D eigenvalue weighted by Gasteiger charge is 2.53. The molecule has 3 fully saturated rings. The minimum atomic E-state index is -0.251. The summed E-state index contributed by atoms with van der Waals surface area (Å²) in [6.45, 7) is 3.49. The zero-order valence-electron chi connectivity index (χ0n) is 12.4. The Balaban J connectivity index is 1.61. The summed E-state index contributed by atoms with van der Waals surface area (Å²) in [7, 11) is 0. The normalized spacial score (nSPS) is 25.5. The maximum atomic E-state index is 12.9. The van der Waals surface area contributed by atoms with Crippen molar-refractivity contribution < 1.29 is 4.79 Å². The lowest BCUT2D eigenvalue weighted by molar-refractivity contribution is -0.134. The van der Waals surface area contributed by atoms with E-state index in [1.54, 1.807) is 0 Å². The Labute approximate surface area is 125 Å². The predicted octanol–water partition coefficient (Wildman–Crippen LogP) is 1.10. The molecule has 4 heteroatoms. The monoisotopic (exact) mass is 285 g/mol. The van der Waals surface area contributed by atoms with Gasteiger partial charge in [-0.2, -0.15) is 0 Å². The number of amides is 1.